The molecule has 17 nitrogen and oxygen atoms in total. The Bertz CT molecular complexity index is 1480. The van der Waals surface area contributed by atoms with Crippen molar-refractivity contribution < 1.29 is 54.2 Å². The number of allylic oxidation sites excluding steroid dienone is 1. The zero-order chi connectivity index (χ0) is 38.2. The molecule has 0 unspecified atom stereocenters. The number of unbranched alkanes of at least 4 members (excludes halogenated alkanes) is 4. The number of carboxylic acid groups (broad SMARTS) is 1. The van der Waals surface area contributed by atoms with Crippen molar-refractivity contribution in [2.75, 3.05) is 26.2 Å². The van der Waals surface area contributed by atoms with Gasteiger partial charge in [-0.1, -0.05) is 41.9 Å². The summed E-state index contributed by atoms with van der Waals surface area (Å²) in [6.07, 6.45) is 2.93. The molecule has 2 heterocycles. The molecule has 0 aromatic heterocycles. The number of β-lactam (4-membered cyclic amide) rings is 1. The van der Waals surface area contributed by atoms with Gasteiger partial charge in [0.1, 0.15) is 17.8 Å². The lowest BCUT2D eigenvalue weighted by atomic mass is 9.86. The van der Waals surface area contributed by atoms with Gasteiger partial charge in [0.25, 0.3) is 5.91 Å². The quantitative estimate of drug-likeness (QED) is 0.0385. The second-order valence-corrected chi connectivity index (χ2v) is 13.0. The van der Waals surface area contributed by atoms with Gasteiger partial charge in [-0.25, -0.2) is 14.9 Å². The van der Waals surface area contributed by atoms with E-state index in [0.717, 1.165) is 4.90 Å². The Morgan fingerprint density at radius 2 is 1.44 bits per heavy atom. The number of fused-ring (bicyclic) bond motifs is 1. The van der Waals surface area contributed by atoms with Crippen LogP contribution in [0.3, 0.4) is 0 Å². The van der Waals surface area contributed by atoms with E-state index in [-0.39, 0.29) is 68.4 Å². The van der Waals surface area contributed by atoms with Crippen LogP contribution in [0.2, 0.25) is 0 Å². The van der Waals surface area contributed by atoms with Crippen molar-refractivity contribution in [1.82, 2.24) is 31.0 Å². The number of aliphatic hydroxyl groups excluding tert-OH is 1. The van der Waals surface area contributed by atoms with Crippen molar-refractivity contribution in [3.05, 3.63) is 46.6 Å². The zero-order valence-corrected chi connectivity index (χ0v) is 29.6. The number of aliphatic hydroxyl groups is 1. The fourth-order valence-corrected chi connectivity index (χ4v) is 6.09. The van der Waals surface area contributed by atoms with E-state index in [1.165, 1.54) is 0 Å². The first-order valence-corrected chi connectivity index (χ1v) is 17.7. The number of rotatable bonds is 22. The minimum atomic E-state index is -1.35. The van der Waals surface area contributed by atoms with Crippen LogP contribution in [0.15, 0.2) is 41.1 Å². The normalized spacial score (nSPS) is 17.0. The van der Waals surface area contributed by atoms with Crippen LogP contribution in [-0.2, 0) is 33.6 Å². The van der Waals surface area contributed by atoms with Crippen molar-refractivity contribution in [1.29, 1.82) is 0 Å². The van der Waals surface area contributed by atoms with Crippen molar-refractivity contribution in [3.63, 3.8) is 0 Å². The third-order valence-corrected chi connectivity index (χ3v) is 9.05. The molecule has 1 aromatic carbocycles. The summed E-state index contributed by atoms with van der Waals surface area (Å²) in [6.45, 7) is 0.475. The highest BCUT2D eigenvalue weighted by atomic mass is 35.5. The molecule has 52 heavy (non-hydrogen) atoms. The first-order valence-electron chi connectivity index (χ1n) is 17.3. The Morgan fingerprint density at radius 3 is 2.04 bits per heavy atom. The predicted molar refractivity (Wildman–Crippen MR) is 183 cm³/mol. The topological polar surface area (TPSA) is 246 Å². The molecule has 2 aliphatic heterocycles. The lowest BCUT2D eigenvalue weighted by molar-refractivity contribution is -0.166. The molecule has 3 rings (SSSR count). The summed E-state index contributed by atoms with van der Waals surface area (Å²) in [5.74, 6) is -4.96. The van der Waals surface area contributed by atoms with Crippen LogP contribution < -0.4 is 16.0 Å². The maximum absolute atomic E-state index is 13.4. The van der Waals surface area contributed by atoms with Crippen LogP contribution in [0, 0.1) is 0 Å². The predicted octanol–water partition coefficient (Wildman–Crippen LogP) is 1.31. The fraction of sp³-hybridized carbons (Fsp3) is 0.559. The monoisotopic (exact) mass is 750 g/mol. The molecule has 0 radical (unpaired) electrons. The number of hydrogen-bond donors (Lipinski definition) is 7. The van der Waals surface area contributed by atoms with Gasteiger partial charge in [-0.3, -0.25) is 44.1 Å². The number of hydrogen-bond acceptors (Lipinski definition) is 10. The van der Waals surface area contributed by atoms with E-state index >= 15 is 0 Å². The van der Waals surface area contributed by atoms with Crippen molar-refractivity contribution in [2.24, 2.45) is 0 Å². The maximum atomic E-state index is 13.4. The number of carbonyl (C=O) groups is 7. The second-order valence-electron chi connectivity index (χ2n) is 12.5. The van der Waals surface area contributed by atoms with Crippen LogP contribution >= 0.6 is 11.6 Å². The zero-order valence-electron chi connectivity index (χ0n) is 28.8. The molecule has 18 heteroatoms. The highest BCUT2D eigenvalue weighted by Gasteiger charge is 2.53. The van der Waals surface area contributed by atoms with E-state index in [1.54, 1.807) is 30.3 Å². The molecule has 0 spiro atoms. The molecule has 1 aromatic rings. The number of nitrogens with zero attached hydrogens (tertiary/aromatic N) is 3. The van der Waals surface area contributed by atoms with E-state index in [0.29, 0.717) is 67.2 Å². The van der Waals surface area contributed by atoms with Crippen LogP contribution in [0.5, 0.6) is 0 Å². The number of amides is 6. The summed E-state index contributed by atoms with van der Waals surface area (Å²) in [7, 11) is 0. The number of nitrogens with one attached hydrogen (secondary N) is 3. The summed E-state index contributed by atoms with van der Waals surface area (Å²) < 4.78 is 0. The summed E-state index contributed by atoms with van der Waals surface area (Å²) in [5, 5.41) is 47.1. The number of halogens is 1. The molecule has 3 atom stereocenters. The van der Waals surface area contributed by atoms with Crippen molar-refractivity contribution in [3.8, 4) is 0 Å². The number of benzene rings is 1. The Kier molecular flexibility index (Phi) is 17.0. The molecular weight excluding hydrogens is 704 g/mol. The Balaban J connectivity index is 1.36. The van der Waals surface area contributed by atoms with Crippen LogP contribution in [0.25, 0.3) is 0 Å². The standard InChI is InChI=1S/C34H47ClN6O11/c35-23-12-13-24-30(33(48)41(24)31(23)34(49)50)38-32(47)29(22-10-4-1-5-11-22)37-26(44)15-17-28(46)39(51)19-7-2-6-18-36-25(43)14-16-27(45)40(52)20-8-3-9-21-42/h1,4-5,10-11,24,29-30,42,51-52H,2-3,6-9,12-21H2,(H,36,43)(H,37,44)(H,38,47)(H,49,50)/t24-,29+,30+/m1/s1. The molecule has 7 N–H and O–H groups in total. The van der Waals surface area contributed by atoms with Crippen LogP contribution in [-0.4, -0.2) is 115 Å². The van der Waals surface area contributed by atoms with Gasteiger partial charge in [-0.15, -0.1) is 0 Å². The van der Waals surface area contributed by atoms with Gasteiger partial charge in [-0.2, -0.15) is 0 Å². The van der Waals surface area contributed by atoms with Gasteiger partial charge in [-0.05, 0) is 56.9 Å². The van der Waals surface area contributed by atoms with Crippen molar-refractivity contribution >= 4 is 53.0 Å². The number of hydroxylamine groups is 4. The molecule has 0 bridgehead atoms. The van der Waals surface area contributed by atoms with Gasteiger partial charge < -0.3 is 26.2 Å². The van der Waals surface area contributed by atoms with E-state index < -0.39 is 53.6 Å². The molecule has 6 amide bonds. The van der Waals surface area contributed by atoms with Crippen LogP contribution in [0.4, 0.5) is 0 Å². The second kappa shape index (κ2) is 21.1. The molecule has 1 saturated heterocycles. The molecule has 0 saturated carbocycles. The van der Waals surface area contributed by atoms with Crippen molar-refractivity contribution in [2.45, 2.75) is 95.2 Å². The Hall–Kier alpha value is -4.58. The molecule has 2 aliphatic rings. The van der Waals surface area contributed by atoms with Gasteiger partial charge in [0.2, 0.25) is 29.5 Å². The van der Waals surface area contributed by atoms with Gasteiger partial charge >= 0.3 is 5.97 Å². The summed E-state index contributed by atoms with van der Waals surface area (Å²) in [6, 6.07) is 5.39. The third-order valence-electron chi connectivity index (χ3n) is 8.68. The largest absolute Gasteiger partial charge is 0.477 e. The number of aliphatic carboxylic acids is 1. The number of carbonyl (C=O) groups excluding carboxylic acids is 6. The average molecular weight is 751 g/mol. The number of carboxylic acids is 1. The first kappa shape index (κ1) is 41.8. The van der Waals surface area contributed by atoms with E-state index in [4.69, 9.17) is 16.7 Å². The van der Waals surface area contributed by atoms with Gasteiger partial charge in [0, 0.05) is 57.0 Å². The summed E-state index contributed by atoms with van der Waals surface area (Å²) in [4.78, 5) is 88.2. The Labute approximate surface area is 305 Å². The van der Waals surface area contributed by atoms with Crippen LogP contribution in [0.1, 0.15) is 88.7 Å². The lowest BCUT2D eigenvalue weighted by Crippen LogP contribution is -2.72. The Morgan fingerprint density at radius 1 is 0.846 bits per heavy atom. The third kappa shape index (κ3) is 12.3. The fourth-order valence-electron chi connectivity index (χ4n) is 5.81. The summed E-state index contributed by atoms with van der Waals surface area (Å²) >= 11 is 6.04. The SMILES string of the molecule is O=C(CCC(=O)N(O)CCCCCO)NCCCCCN(O)C(=O)CCC(=O)N[C@H](C(=O)N[C@@H]1C(=O)N2C(C(=O)O)=C(Cl)CC[C@H]12)c1ccccc1. The van der Waals surface area contributed by atoms with Gasteiger partial charge in [0.15, 0.2) is 0 Å². The molecule has 286 valence electrons. The average Bonchev–Trinajstić information content (AvgIpc) is 3.13. The summed E-state index contributed by atoms with van der Waals surface area (Å²) in [5.41, 5.74) is 0.0982. The smallest absolute Gasteiger partial charge is 0.353 e. The highest BCUT2D eigenvalue weighted by Crippen LogP contribution is 2.38. The highest BCUT2D eigenvalue weighted by molar-refractivity contribution is 6.32. The van der Waals surface area contributed by atoms with Gasteiger partial charge in [0.05, 0.1) is 6.04 Å². The van der Waals surface area contributed by atoms with E-state index in [1.807, 2.05) is 0 Å². The molecular formula is C34H47ClN6O11. The molecule has 0 aliphatic carbocycles. The molecule has 1 fully saturated rings. The minimum Gasteiger partial charge on any atom is -0.477 e. The van der Waals surface area contributed by atoms with E-state index in [2.05, 4.69) is 16.0 Å². The van der Waals surface area contributed by atoms with E-state index in [9.17, 15) is 49.1 Å². The minimum absolute atomic E-state index is 0.0137. The maximum Gasteiger partial charge on any atom is 0.353 e. The first-order chi connectivity index (χ1) is 24.8. The lowest BCUT2D eigenvalue weighted by Gasteiger charge is -2.49.